The van der Waals surface area contributed by atoms with Crippen molar-refractivity contribution < 1.29 is 19.7 Å². The number of aliphatic hydroxyl groups is 2. The maximum absolute atomic E-state index is 11.8. The summed E-state index contributed by atoms with van der Waals surface area (Å²) in [6.45, 7) is 5.02. The van der Waals surface area contributed by atoms with Gasteiger partial charge in [0.1, 0.15) is 11.1 Å². The molecule has 0 aromatic rings. The van der Waals surface area contributed by atoms with E-state index in [-0.39, 0.29) is 13.2 Å². The summed E-state index contributed by atoms with van der Waals surface area (Å²) in [7, 11) is 0. The van der Waals surface area contributed by atoms with Crippen LogP contribution in [0.4, 0.5) is 4.79 Å². The van der Waals surface area contributed by atoms with Crippen molar-refractivity contribution in [3.05, 3.63) is 12.2 Å². The molecule has 1 amide bonds. The molecule has 0 saturated carbocycles. The third kappa shape index (κ3) is 2.54. The maximum atomic E-state index is 11.8. The Kier molecular flexibility index (Phi) is 3.60. The lowest BCUT2D eigenvalue weighted by molar-refractivity contribution is -0.0118. The van der Waals surface area contributed by atoms with Gasteiger partial charge >= 0.3 is 6.09 Å². The molecule has 0 unspecified atom stereocenters. The van der Waals surface area contributed by atoms with E-state index < -0.39 is 17.2 Å². The van der Waals surface area contributed by atoms with Crippen LogP contribution in [0.15, 0.2) is 12.2 Å². The number of rotatable bonds is 2. The highest BCUT2D eigenvalue weighted by Gasteiger charge is 2.41. The van der Waals surface area contributed by atoms with E-state index in [0.29, 0.717) is 6.54 Å². The highest BCUT2D eigenvalue weighted by atomic mass is 16.6. The number of hydrogen-bond donors (Lipinski definition) is 2. The van der Waals surface area contributed by atoms with Crippen LogP contribution >= 0.6 is 0 Å². The van der Waals surface area contributed by atoms with E-state index in [4.69, 9.17) is 4.74 Å². The van der Waals surface area contributed by atoms with Gasteiger partial charge < -0.3 is 14.9 Å². The molecule has 1 heterocycles. The van der Waals surface area contributed by atoms with Gasteiger partial charge in [0.15, 0.2) is 0 Å². The van der Waals surface area contributed by atoms with Crippen molar-refractivity contribution in [2.45, 2.75) is 31.9 Å². The zero-order chi connectivity index (χ0) is 12.4. The minimum Gasteiger partial charge on any atom is -0.444 e. The standard InChI is InChI=1S/C11H19NO4/c1-10(2,3)16-9(15)12-6-4-5-11(12,7-13)8-14/h4-5,13-14H,6-8H2,1-3H3. The van der Waals surface area contributed by atoms with Crippen molar-refractivity contribution in [2.75, 3.05) is 19.8 Å². The molecule has 16 heavy (non-hydrogen) atoms. The van der Waals surface area contributed by atoms with E-state index >= 15 is 0 Å². The summed E-state index contributed by atoms with van der Waals surface area (Å²) in [5, 5.41) is 18.5. The summed E-state index contributed by atoms with van der Waals surface area (Å²) in [6.07, 6.45) is 2.84. The van der Waals surface area contributed by atoms with Crippen molar-refractivity contribution in [3.63, 3.8) is 0 Å². The Bertz CT molecular complexity index is 289. The second kappa shape index (κ2) is 4.43. The molecule has 0 radical (unpaired) electrons. The molecule has 0 aromatic carbocycles. The minimum absolute atomic E-state index is 0.320. The van der Waals surface area contributed by atoms with Gasteiger partial charge in [-0.2, -0.15) is 0 Å². The smallest absolute Gasteiger partial charge is 0.411 e. The summed E-state index contributed by atoms with van der Waals surface area (Å²) in [5.74, 6) is 0. The zero-order valence-electron chi connectivity index (χ0n) is 9.93. The van der Waals surface area contributed by atoms with E-state index in [1.54, 1.807) is 32.9 Å². The molecule has 1 aliphatic rings. The number of amides is 1. The molecular formula is C11H19NO4. The van der Waals surface area contributed by atoms with Crippen LogP contribution in [0.5, 0.6) is 0 Å². The van der Waals surface area contributed by atoms with Crippen LogP contribution < -0.4 is 0 Å². The first kappa shape index (κ1) is 13.0. The lowest BCUT2D eigenvalue weighted by Gasteiger charge is -2.35. The largest absolute Gasteiger partial charge is 0.444 e. The average molecular weight is 229 g/mol. The molecule has 0 aromatic heterocycles. The van der Waals surface area contributed by atoms with Gasteiger partial charge in [0.2, 0.25) is 0 Å². The van der Waals surface area contributed by atoms with Crippen LogP contribution in [0.3, 0.4) is 0 Å². The summed E-state index contributed by atoms with van der Waals surface area (Å²) >= 11 is 0. The van der Waals surface area contributed by atoms with Crippen LogP contribution in [0.25, 0.3) is 0 Å². The third-order valence-corrected chi connectivity index (χ3v) is 2.42. The van der Waals surface area contributed by atoms with Gasteiger partial charge in [0, 0.05) is 6.54 Å². The van der Waals surface area contributed by atoms with Crippen LogP contribution in [0, 0.1) is 0 Å². The fourth-order valence-corrected chi connectivity index (χ4v) is 1.55. The van der Waals surface area contributed by atoms with Crippen molar-refractivity contribution >= 4 is 6.09 Å². The van der Waals surface area contributed by atoms with E-state index in [2.05, 4.69) is 0 Å². The molecule has 5 heteroatoms. The summed E-state index contributed by atoms with van der Waals surface area (Å²) < 4.78 is 5.21. The SMILES string of the molecule is CC(C)(C)OC(=O)N1CC=CC1(CO)CO. The van der Waals surface area contributed by atoms with Crippen molar-refractivity contribution in [2.24, 2.45) is 0 Å². The second-order valence-corrected chi connectivity index (χ2v) is 4.91. The Morgan fingerprint density at radius 2 is 2.00 bits per heavy atom. The summed E-state index contributed by atoms with van der Waals surface area (Å²) in [6, 6.07) is 0. The van der Waals surface area contributed by atoms with Gasteiger partial charge in [-0.25, -0.2) is 4.79 Å². The second-order valence-electron chi connectivity index (χ2n) is 4.91. The number of hydrogen-bond acceptors (Lipinski definition) is 4. The van der Waals surface area contributed by atoms with Gasteiger partial charge in [-0.1, -0.05) is 12.2 Å². The predicted octanol–water partition coefficient (Wildman–Crippen LogP) is 0.517. The van der Waals surface area contributed by atoms with Gasteiger partial charge in [0.05, 0.1) is 13.2 Å². The Morgan fingerprint density at radius 1 is 1.44 bits per heavy atom. The lowest BCUT2D eigenvalue weighted by atomic mass is 10.0. The average Bonchev–Trinajstić information content (AvgIpc) is 2.59. The van der Waals surface area contributed by atoms with Gasteiger partial charge in [-0.3, -0.25) is 4.90 Å². The molecule has 1 aliphatic heterocycles. The van der Waals surface area contributed by atoms with E-state index in [1.807, 2.05) is 0 Å². The van der Waals surface area contributed by atoms with Crippen LogP contribution in [-0.2, 0) is 4.74 Å². The van der Waals surface area contributed by atoms with Crippen LogP contribution in [0.2, 0.25) is 0 Å². The van der Waals surface area contributed by atoms with Crippen molar-refractivity contribution in [1.29, 1.82) is 0 Å². The fourth-order valence-electron chi connectivity index (χ4n) is 1.55. The van der Waals surface area contributed by atoms with E-state index in [9.17, 15) is 15.0 Å². The Labute approximate surface area is 95.3 Å². The quantitative estimate of drug-likeness (QED) is 0.677. The number of nitrogens with zero attached hydrogens (tertiary/aromatic N) is 1. The Balaban J connectivity index is 2.78. The highest BCUT2D eigenvalue weighted by molar-refractivity contribution is 5.71. The Hall–Kier alpha value is -1.07. The molecule has 0 fully saturated rings. The third-order valence-electron chi connectivity index (χ3n) is 2.42. The molecule has 92 valence electrons. The molecule has 0 saturated heterocycles. The first-order chi connectivity index (χ1) is 7.34. The lowest BCUT2D eigenvalue weighted by Crippen LogP contribution is -2.54. The molecule has 0 aliphatic carbocycles. The molecule has 2 N–H and O–H groups in total. The molecule has 0 atom stereocenters. The number of aliphatic hydroxyl groups excluding tert-OH is 2. The minimum atomic E-state index is -1.03. The van der Waals surface area contributed by atoms with E-state index in [0.717, 1.165) is 0 Å². The molecular weight excluding hydrogens is 210 g/mol. The summed E-state index contributed by atoms with van der Waals surface area (Å²) in [5.41, 5.74) is -1.61. The van der Waals surface area contributed by atoms with Gasteiger partial charge in [0.25, 0.3) is 0 Å². The Morgan fingerprint density at radius 3 is 2.44 bits per heavy atom. The maximum Gasteiger partial charge on any atom is 0.411 e. The molecule has 1 rings (SSSR count). The van der Waals surface area contributed by atoms with Crippen LogP contribution in [0.1, 0.15) is 20.8 Å². The monoisotopic (exact) mass is 229 g/mol. The molecule has 0 bridgehead atoms. The van der Waals surface area contributed by atoms with Gasteiger partial charge in [-0.05, 0) is 20.8 Å². The van der Waals surface area contributed by atoms with Crippen LogP contribution in [-0.4, -0.2) is 52.1 Å². The fraction of sp³-hybridized carbons (Fsp3) is 0.727. The van der Waals surface area contributed by atoms with Crippen molar-refractivity contribution in [3.8, 4) is 0 Å². The highest BCUT2D eigenvalue weighted by Crippen LogP contribution is 2.24. The first-order valence-electron chi connectivity index (χ1n) is 5.25. The molecule has 0 spiro atoms. The number of carbonyl (C=O) groups is 1. The zero-order valence-corrected chi connectivity index (χ0v) is 9.93. The van der Waals surface area contributed by atoms with Gasteiger partial charge in [-0.15, -0.1) is 0 Å². The normalized spacial score (nSPS) is 18.9. The van der Waals surface area contributed by atoms with Crippen molar-refractivity contribution in [1.82, 2.24) is 4.90 Å². The number of carbonyl (C=O) groups excluding carboxylic acids is 1. The number of ether oxygens (including phenoxy) is 1. The molecule has 5 nitrogen and oxygen atoms in total. The predicted molar refractivity (Wildman–Crippen MR) is 59.0 cm³/mol. The van der Waals surface area contributed by atoms with E-state index in [1.165, 1.54) is 4.90 Å². The topological polar surface area (TPSA) is 70.0 Å². The first-order valence-corrected chi connectivity index (χ1v) is 5.25. The summed E-state index contributed by atoms with van der Waals surface area (Å²) in [4.78, 5) is 13.2.